The Morgan fingerprint density at radius 3 is 2.74 bits per heavy atom. The minimum absolute atomic E-state index is 0.0543. The number of carbonyl (C=O) groups excluding carboxylic acids is 1. The summed E-state index contributed by atoms with van der Waals surface area (Å²) in [5.74, 6) is 5.68. The van der Waals surface area contributed by atoms with Gasteiger partial charge in [-0.3, -0.25) is 4.79 Å². The third-order valence-corrected chi connectivity index (χ3v) is 2.37. The van der Waals surface area contributed by atoms with Crippen LogP contribution in [0, 0.1) is 17.3 Å². The molecule has 0 aliphatic heterocycles. The molecule has 0 bridgehead atoms. The molecule has 0 fully saturated rings. The second-order valence-corrected chi connectivity index (χ2v) is 5.60. The van der Waals surface area contributed by atoms with Crippen LogP contribution in [0.5, 0.6) is 0 Å². The zero-order chi connectivity index (χ0) is 14.3. The Morgan fingerprint density at radius 2 is 2.11 bits per heavy atom. The lowest BCUT2D eigenvalue weighted by Gasteiger charge is -2.18. The van der Waals surface area contributed by atoms with Gasteiger partial charge in [-0.05, 0) is 23.6 Å². The van der Waals surface area contributed by atoms with E-state index in [0.717, 1.165) is 5.56 Å². The lowest BCUT2D eigenvalue weighted by molar-refractivity contribution is 0.0939. The number of nitrogens with one attached hydrogen (secondary N) is 1. The summed E-state index contributed by atoms with van der Waals surface area (Å²) in [6, 6.07) is 7.21. The van der Waals surface area contributed by atoms with Crippen LogP contribution in [0.3, 0.4) is 0 Å². The molecule has 102 valence electrons. The molecule has 0 spiro atoms. The molecule has 1 amide bonds. The van der Waals surface area contributed by atoms with Crippen LogP contribution < -0.4 is 5.32 Å². The number of rotatable bonds is 3. The van der Waals surface area contributed by atoms with Gasteiger partial charge < -0.3 is 10.4 Å². The molecule has 1 aromatic rings. The lowest BCUT2D eigenvalue weighted by Crippen LogP contribution is -2.32. The van der Waals surface area contributed by atoms with Crippen LogP contribution in [0.1, 0.15) is 43.1 Å². The van der Waals surface area contributed by atoms with E-state index in [1.807, 2.05) is 12.1 Å². The van der Waals surface area contributed by atoms with Crippen LogP contribution in [-0.4, -0.2) is 24.2 Å². The Kier molecular flexibility index (Phi) is 5.59. The van der Waals surface area contributed by atoms with Crippen LogP contribution in [0.2, 0.25) is 0 Å². The maximum atomic E-state index is 12.0. The summed E-state index contributed by atoms with van der Waals surface area (Å²) >= 11 is 0. The SMILES string of the molecule is CC(C)(C)CNC(=O)c1cccc(C#CCCO)c1. The topological polar surface area (TPSA) is 49.3 Å². The minimum atomic E-state index is -0.0827. The van der Waals surface area contributed by atoms with Crippen LogP contribution in [0.25, 0.3) is 0 Å². The van der Waals surface area contributed by atoms with E-state index in [9.17, 15) is 4.79 Å². The van der Waals surface area contributed by atoms with Crippen molar-refractivity contribution in [3.63, 3.8) is 0 Å². The molecule has 1 aromatic carbocycles. The largest absolute Gasteiger partial charge is 0.395 e. The Morgan fingerprint density at radius 1 is 1.37 bits per heavy atom. The first-order valence-corrected chi connectivity index (χ1v) is 6.40. The van der Waals surface area contributed by atoms with E-state index in [1.54, 1.807) is 12.1 Å². The zero-order valence-electron chi connectivity index (χ0n) is 11.8. The highest BCUT2D eigenvalue weighted by Crippen LogP contribution is 2.11. The number of benzene rings is 1. The van der Waals surface area contributed by atoms with Gasteiger partial charge in [0.25, 0.3) is 5.91 Å². The van der Waals surface area contributed by atoms with E-state index in [-0.39, 0.29) is 17.9 Å². The van der Waals surface area contributed by atoms with E-state index in [0.29, 0.717) is 18.5 Å². The van der Waals surface area contributed by atoms with E-state index in [4.69, 9.17) is 5.11 Å². The van der Waals surface area contributed by atoms with Crippen molar-refractivity contribution in [2.24, 2.45) is 5.41 Å². The van der Waals surface area contributed by atoms with E-state index < -0.39 is 0 Å². The van der Waals surface area contributed by atoms with E-state index in [1.165, 1.54) is 0 Å². The van der Waals surface area contributed by atoms with Crippen molar-refractivity contribution >= 4 is 5.91 Å². The molecule has 3 heteroatoms. The molecular formula is C16H21NO2. The monoisotopic (exact) mass is 259 g/mol. The molecule has 0 aliphatic rings. The fraction of sp³-hybridized carbons (Fsp3) is 0.438. The average Bonchev–Trinajstić information content (AvgIpc) is 2.36. The molecule has 3 nitrogen and oxygen atoms in total. The highest BCUT2D eigenvalue weighted by molar-refractivity contribution is 5.94. The first-order valence-electron chi connectivity index (χ1n) is 6.40. The molecule has 1 rings (SSSR count). The maximum absolute atomic E-state index is 12.0. The van der Waals surface area contributed by atoms with E-state index >= 15 is 0 Å². The second kappa shape index (κ2) is 6.96. The normalized spacial score (nSPS) is 10.5. The zero-order valence-corrected chi connectivity index (χ0v) is 11.8. The summed E-state index contributed by atoms with van der Waals surface area (Å²) in [6.45, 7) is 6.91. The lowest BCUT2D eigenvalue weighted by atomic mass is 9.97. The predicted molar refractivity (Wildman–Crippen MR) is 76.8 cm³/mol. The molecule has 19 heavy (non-hydrogen) atoms. The highest BCUT2D eigenvalue weighted by Gasteiger charge is 2.12. The van der Waals surface area contributed by atoms with Gasteiger partial charge in [-0.2, -0.15) is 0 Å². The summed E-state index contributed by atoms with van der Waals surface area (Å²) in [7, 11) is 0. The summed E-state index contributed by atoms with van der Waals surface area (Å²) in [4.78, 5) is 12.0. The first-order chi connectivity index (χ1) is 8.92. The number of amides is 1. The van der Waals surface area contributed by atoms with Crippen molar-refractivity contribution in [1.29, 1.82) is 0 Å². The summed E-state index contributed by atoms with van der Waals surface area (Å²) < 4.78 is 0. The second-order valence-electron chi connectivity index (χ2n) is 5.60. The third kappa shape index (κ3) is 6.08. The van der Waals surface area contributed by atoms with Gasteiger partial charge in [-0.25, -0.2) is 0 Å². The molecule has 0 saturated carbocycles. The van der Waals surface area contributed by atoms with Crippen LogP contribution in [-0.2, 0) is 0 Å². The predicted octanol–water partition coefficient (Wildman–Crippen LogP) is 2.20. The molecule has 0 radical (unpaired) electrons. The van der Waals surface area contributed by atoms with Crippen molar-refractivity contribution in [2.75, 3.05) is 13.2 Å². The highest BCUT2D eigenvalue weighted by atomic mass is 16.2. The summed E-state index contributed by atoms with van der Waals surface area (Å²) in [6.07, 6.45) is 0.445. The van der Waals surface area contributed by atoms with Gasteiger partial charge in [-0.15, -0.1) is 0 Å². The van der Waals surface area contributed by atoms with Crippen molar-refractivity contribution in [1.82, 2.24) is 5.32 Å². The molecule has 0 heterocycles. The first kappa shape index (κ1) is 15.3. The molecule has 0 atom stereocenters. The van der Waals surface area contributed by atoms with Crippen LogP contribution in [0.15, 0.2) is 24.3 Å². The van der Waals surface area contributed by atoms with E-state index in [2.05, 4.69) is 37.9 Å². The Bertz CT molecular complexity index is 489. The standard InChI is InChI=1S/C16H21NO2/c1-16(2,3)12-17-15(19)14-9-6-8-13(11-14)7-4-5-10-18/h6,8-9,11,18H,5,10,12H2,1-3H3,(H,17,19). The van der Waals surface area contributed by atoms with Gasteiger partial charge in [0.05, 0.1) is 6.61 Å². The molecule has 2 N–H and O–H groups in total. The van der Waals surface area contributed by atoms with Gasteiger partial charge in [0, 0.05) is 24.1 Å². The Labute approximate surface area is 115 Å². The quantitative estimate of drug-likeness (QED) is 0.818. The summed E-state index contributed by atoms with van der Waals surface area (Å²) in [5.41, 5.74) is 1.46. The number of aliphatic hydroxyl groups excluding tert-OH is 1. The fourth-order valence-electron chi connectivity index (χ4n) is 1.41. The average molecular weight is 259 g/mol. The Balaban J connectivity index is 2.71. The smallest absolute Gasteiger partial charge is 0.251 e. The van der Waals surface area contributed by atoms with Crippen LogP contribution in [0.4, 0.5) is 0 Å². The number of hydrogen-bond acceptors (Lipinski definition) is 2. The van der Waals surface area contributed by atoms with Gasteiger partial charge >= 0.3 is 0 Å². The fourth-order valence-corrected chi connectivity index (χ4v) is 1.41. The van der Waals surface area contributed by atoms with Crippen molar-refractivity contribution in [2.45, 2.75) is 27.2 Å². The van der Waals surface area contributed by atoms with Gasteiger partial charge in [0.15, 0.2) is 0 Å². The van der Waals surface area contributed by atoms with Crippen molar-refractivity contribution in [3.05, 3.63) is 35.4 Å². The third-order valence-electron chi connectivity index (χ3n) is 2.37. The molecule has 0 saturated heterocycles. The molecule has 0 aliphatic carbocycles. The van der Waals surface area contributed by atoms with Gasteiger partial charge in [-0.1, -0.05) is 38.7 Å². The number of hydrogen-bond donors (Lipinski definition) is 2. The van der Waals surface area contributed by atoms with Crippen molar-refractivity contribution < 1.29 is 9.90 Å². The molecule has 0 unspecified atom stereocenters. The minimum Gasteiger partial charge on any atom is -0.395 e. The number of aliphatic hydroxyl groups is 1. The summed E-state index contributed by atoms with van der Waals surface area (Å²) in [5, 5.41) is 11.6. The molecule has 0 aromatic heterocycles. The van der Waals surface area contributed by atoms with Gasteiger partial charge in [0.2, 0.25) is 0 Å². The van der Waals surface area contributed by atoms with Gasteiger partial charge in [0.1, 0.15) is 0 Å². The maximum Gasteiger partial charge on any atom is 0.251 e. The number of carbonyl (C=O) groups is 1. The van der Waals surface area contributed by atoms with Crippen LogP contribution >= 0.6 is 0 Å². The molecular weight excluding hydrogens is 238 g/mol. The Hall–Kier alpha value is -1.79. The van der Waals surface area contributed by atoms with Crippen molar-refractivity contribution in [3.8, 4) is 11.8 Å².